The minimum absolute atomic E-state index is 0.0563. The van der Waals surface area contributed by atoms with Crippen LogP contribution in [0.2, 0.25) is 5.02 Å². The summed E-state index contributed by atoms with van der Waals surface area (Å²) < 4.78 is 11.3. The van der Waals surface area contributed by atoms with Crippen LogP contribution in [0.3, 0.4) is 0 Å². The monoisotopic (exact) mass is 417 g/mol. The standard InChI is InChI=1S/C19H16ClN3O6/c1-10(18(25)26)29-16-11(7-12(20)8-15(16)28-2)9-21-23-17(24)13-5-3-4-6-14(13)22-19(23)27/h3-10H,1-2H3,(H,22,27)(H,25,26)/t10-/m1/s1. The van der Waals surface area contributed by atoms with Gasteiger partial charge >= 0.3 is 11.7 Å². The lowest BCUT2D eigenvalue weighted by Gasteiger charge is -2.16. The predicted octanol–water partition coefficient (Wildman–Crippen LogP) is 2.09. The first-order chi connectivity index (χ1) is 13.8. The number of carboxylic acids is 1. The molecule has 0 saturated heterocycles. The Kier molecular flexibility index (Phi) is 5.69. The van der Waals surface area contributed by atoms with Crippen molar-refractivity contribution in [3.8, 4) is 11.5 Å². The van der Waals surface area contributed by atoms with Crippen LogP contribution in [0.25, 0.3) is 10.9 Å². The zero-order valence-electron chi connectivity index (χ0n) is 15.4. The summed E-state index contributed by atoms with van der Waals surface area (Å²) in [6.07, 6.45) is -0.0204. The zero-order chi connectivity index (χ0) is 21.1. The number of benzene rings is 2. The number of aromatic amines is 1. The minimum Gasteiger partial charge on any atom is -0.493 e. The molecule has 29 heavy (non-hydrogen) atoms. The van der Waals surface area contributed by atoms with Gasteiger partial charge in [-0.3, -0.25) is 4.79 Å². The van der Waals surface area contributed by atoms with Crippen LogP contribution in [0, 0.1) is 0 Å². The molecule has 0 bridgehead atoms. The highest BCUT2D eigenvalue weighted by molar-refractivity contribution is 6.31. The summed E-state index contributed by atoms with van der Waals surface area (Å²) in [5.41, 5.74) is -0.740. The summed E-state index contributed by atoms with van der Waals surface area (Å²) in [7, 11) is 1.36. The lowest BCUT2D eigenvalue weighted by atomic mass is 10.2. The molecular weight excluding hydrogens is 402 g/mol. The van der Waals surface area contributed by atoms with Crippen molar-refractivity contribution >= 4 is 34.7 Å². The molecule has 2 N–H and O–H groups in total. The fraction of sp³-hybridized carbons (Fsp3) is 0.158. The summed E-state index contributed by atoms with van der Waals surface area (Å²) in [6.45, 7) is 1.34. The number of H-pyrrole nitrogens is 1. The molecule has 1 aromatic heterocycles. The molecule has 3 aromatic rings. The Hall–Kier alpha value is -3.59. The number of halogens is 1. The van der Waals surface area contributed by atoms with Gasteiger partial charge in [0.25, 0.3) is 5.56 Å². The largest absolute Gasteiger partial charge is 0.493 e. The van der Waals surface area contributed by atoms with Crippen LogP contribution in [0.4, 0.5) is 0 Å². The lowest BCUT2D eigenvalue weighted by molar-refractivity contribution is -0.144. The van der Waals surface area contributed by atoms with Crippen molar-refractivity contribution in [1.82, 2.24) is 9.66 Å². The van der Waals surface area contributed by atoms with Gasteiger partial charge in [-0.2, -0.15) is 5.10 Å². The first kappa shape index (κ1) is 20.2. The molecule has 0 aliphatic carbocycles. The number of fused-ring (bicyclic) bond motifs is 1. The topological polar surface area (TPSA) is 123 Å². The molecule has 0 fully saturated rings. The first-order valence-corrected chi connectivity index (χ1v) is 8.75. The van der Waals surface area contributed by atoms with E-state index in [1.54, 1.807) is 24.3 Å². The molecule has 0 radical (unpaired) electrons. The smallest absolute Gasteiger partial charge is 0.349 e. The molecule has 0 saturated carbocycles. The van der Waals surface area contributed by atoms with E-state index in [1.165, 1.54) is 32.4 Å². The van der Waals surface area contributed by atoms with E-state index in [9.17, 15) is 14.4 Å². The summed E-state index contributed by atoms with van der Waals surface area (Å²) in [5, 5.41) is 13.6. The molecule has 0 aliphatic heterocycles. The number of hydrogen-bond donors (Lipinski definition) is 2. The lowest BCUT2D eigenvalue weighted by Crippen LogP contribution is -2.32. The number of rotatable bonds is 6. The van der Waals surface area contributed by atoms with Gasteiger partial charge in [0, 0.05) is 16.7 Å². The minimum atomic E-state index is -1.19. The quantitative estimate of drug-likeness (QED) is 0.592. The number of methoxy groups -OCH3 is 1. The van der Waals surface area contributed by atoms with Gasteiger partial charge in [-0.05, 0) is 25.1 Å². The number of para-hydroxylation sites is 1. The van der Waals surface area contributed by atoms with E-state index in [1.807, 2.05) is 0 Å². The van der Waals surface area contributed by atoms with Gasteiger partial charge in [0.05, 0.1) is 24.2 Å². The maximum atomic E-state index is 12.6. The van der Waals surface area contributed by atoms with Crippen molar-refractivity contribution in [3.63, 3.8) is 0 Å². The van der Waals surface area contributed by atoms with E-state index in [2.05, 4.69) is 10.1 Å². The summed E-state index contributed by atoms with van der Waals surface area (Å²) in [4.78, 5) is 38.6. The maximum absolute atomic E-state index is 12.6. The van der Waals surface area contributed by atoms with Gasteiger partial charge in [-0.15, -0.1) is 4.68 Å². The third kappa shape index (κ3) is 4.14. The third-order valence-electron chi connectivity index (χ3n) is 4.01. The summed E-state index contributed by atoms with van der Waals surface area (Å²) in [6, 6.07) is 9.40. The van der Waals surface area contributed by atoms with Crippen LogP contribution in [0.1, 0.15) is 12.5 Å². The van der Waals surface area contributed by atoms with Crippen molar-refractivity contribution in [2.75, 3.05) is 7.11 Å². The van der Waals surface area contributed by atoms with Crippen molar-refractivity contribution in [2.24, 2.45) is 5.10 Å². The fourth-order valence-corrected chi connectivity index (χ4v) is 2.78. The van der Waals surface area contributed by atoms with E-state index in [4.69, 9.17) is 26.2 Å². The Morgan fingerprint density at radius 2 is 2.03 bits per heavy atom. The molecule has 1 heterocycles. The van der Waals surface area contributed by atoms with Crippen molar-refractivity contribution in [3.05, 3.63) is 67.8 Å². The van der Waals surface area contributed by atoms with Gasteiger partial charge in [0.1, 0.15) is 0 Å². The fourth-order valence-electron chi connectivity index (χ4n) is 2.57. The van der Waals surface area contributed by atoms with E-state index >= 15 is 0 Å². The molecule has 0 spiro atoms. The Balaban J connectivity index is 2.13. The number of ether oxygens (including phenoxy) is 2. The number of hydrogen-bond acceptors (Lipinski definition) is 6. The van der Waals surface area contributed by atoms with Gasteiger partial charge in [-0.25, -0.2) is 9.59 Å². The van der Waals surface area contributed by atoms with Crippen molar-refractivity contribution < 1.29 is 19.4 Å². The number of carbonyl (C=O) groups is 1. The first-order valence-electron chi connectivity index (χ1n) is 8.37. The zero-order valence-corrected chi connectivity index (χ0v) is 16.1. The number of aromatic nitrogens is 2. The van der Waals surface area contributed by atoms with Gasteiger partial charge < -0.3 is 19.6 Å². The molecule has 10 heteroatoms. The second-order valence-electron chi connectivity index (χ2n) is 5.96. The van der Waals surface area contributed by atoms with Crippen LogP contribution in [0.15, 0.2) is 51.1 Å². The maximum Gasteiger partial charge on any atom is 0.349 e. The molecule has 150 valence electrons. The van der Waals surface area contributed by atoms with Gasteiger partial charge in [-0.1, -0.05) is 23.7 Å². The average molecular weight is 418 g/mol. The van der Waals surface area contributed by atoms with Crippen molar-refractivity contribution in [2.45, 2.75) is 13.0 Å². The second-order valence-corrected chi connectivity index (χ2v) is 6.40. The molecule has 9 nitrogen and oxygen atoms in total. The molecule has 3 rings (SSSR count). The van der Waals surface area contributed by atoms with Gasteiger partial charge in [0.2, 0.25) is 0 Å². The third-order valence-corrected chi connectivity index (χ3v) is 4.22. The molecule has 0 aliphatic rings. The molecular formula is C19H16ClN3O6. The predicted molar refractivity (Wildman–Crippen MR) is 108 cm³/mol. The Morgan fingerprint density at radius 3 is 2.72 bits per heavy atom. The van der Waals surface area contributed by atoms with E-state index < -0.39 is 23.3 Å². The summed E-state index contributed by atoms with van der Waals surface area (Å²) in [5.74, 6) is -0.959. The molecule has 0 unspecified atom stereocenters. The highest BCUT2D eigenvalue weighted by atomic mass is 35.5. The molecule has 1 atom stereocenters. The summed E-state index contributed by atoms with van der Waals surface area (Å²) >= 11 is 6.07. The van der Waals surface area contributed by atoms with Crippen LogP contribution in [-0.2, 0) is 4.79 Å². The highest BCUT2D eigenvalue weighted by Gasteiger charge is 2.19. The SMILES string of the molecule is COc1cc(Cl)cc(C=Nn2c(=O)[nH]c3ccccc3c2=O)c1O[C@H](C)C(=O)O. The van der Waals surface area contributed by atoms with E-state index in [0.717, 1.165) is 0 Å². The Bertz CT molecular complexity index is 1230. The number of aliphatic carboxylic acids is 1. The average Bonchev–Trinajstić information content (AvgIpc) is 2.69. The van der Waals surface area contributed by atoms with E-state index in [0.29, 0.717) is 10.2 Å². The molecule has 2 aromatic carbocycles. The normalized spacial score (nSPS) is 12.2. The van der Waals surface area contributed by atoms with Crippen LogP contribution in [0.5, 0.6) is 11.5 Å². The van der Waals surface area contributed by atoms with Crippen LogP contribution < -0.4 is 20.7 Å². The second kappa shape index (κ2) is 8.19. The Labute approximate surface area is 168 Å². The van der Waals surface area contributed by atoms with Crippen molar-refractivity contribution in [1.29, 1.82) is 0 Å². The Morgan fingerprint density at radius 1 is 1.31 bits per heavy atom. The van der Waals surface area contributed by atoms with Gasteiger partial charge in [0.15, 0.2) is 17.6 Å². The number of nitrogens with zero attached hydrogens (tertiary/aromatic N) is 2. The van der Waals surface area contributed by atoms with Crippen LogP contribution in [-0.4, -0.2) is 40.2 Å². The number of nitrogens with one attached hydrogen (secondary N) is 1. The van der Waals surface area contributed by atoms with Crippen LogP contribution >= 0.6 is 11.6 Å². The van der Waals surface area contributed by atoms with E-state index in [-0.39, 0.29) is 27.5 Å². The molecule has 0 amide bonds. The highest BCUT2D eigenvalue weighted by Crippen LogP contribution is 2.34. The number of carboxylic acid groups (broad SMARTS) is 1.